The highest BCUT2D eigenvalue weighted by atomic mass is 32.1. The van der Waals surface area contributed by atoms with Gasteiger partial charge in [-0.2, -0.15) is 9.36 Å². The van der Waals surface area contributed by atoms with E-state index in [1.807, 2.05) is 66.7 Å². The van der Waals surface area contributed by atoms with Crippen LogP contribution >= 0.6 is 11.5 Å². The van der Waals surface area contributed by atoms with Gasteiger partial charge in [-0.15, -0.1) is 0 Å². The molecule has 5 aromatic rings. The first kappa shape index (κ1) is 26.1. The van der Waals surface area contributed by atoms with Crippen LogP contribution in [0.2, 0.25) is 0 Å². The van der Waals surface area contributed by atoms with Crippen LogP contribution in [0.25, 0.3) is 0 Å². The lowest BCUT2D eigenvalue weighted by Gasteiger charge is -2.18. The number of amides is 1. The number of benzene rings is 4. The van der Waals surface area contributed by atoms with Gasteiger partial charge in [0.1, 0.15) is 0 Å². The van der Waals surface area contributed by atoms with Crippen molar-refractivity contribution in [2.45, 2.75) is 18.8 Å². The van der Waals surface area contributed by atoms with E-state index in [4.69, 9.17) is 9.47 Å². The van der Waals surface area contributed by atoms with Crippen LogP contribution in [0.3, 0.4) is 0 Å². The van der Waals surface area contributed by atoms with Crippen molar-refractivity contribution in [3.8, 4) is 16.7 Å². The highest BCUT2D eigenvalue weighted by molar-refractivity contribution is 7.07. The molecule has 0 atom stereocenters. The molecule has 7 heteroatoms. The Kier molecular flexibility index (Phi) is 8.61. The Hall–Kier alpha value is -4.49. The van der Waals surface area contributed by atoms with Crippen molar-refractivity contribution in [3.05, 3.63) is 137 Å². The van der Waals surface area contributed by atoms with E-state index in [2.05, 4.69) is 38.9 Å². The van der Waals surface area contributed by atoms with Gasteiger partial charge in [0.05, 0.1) is 7.11 Å². The number of ether oxygens (including phenoxy) is 2. The van der Waals surface area contributed by atoms with Crippen molar-refractivity contribution in [2.75, 3.05) is 13.7 Å². The Morgan fingerprint density at radius 3 is 2.13 bits per heavy atom. The number of nitrogens with zero attached hydrogens (tertiary/aromatic N) is 2. The first-order valence-electron chi connectivity index (χ1n) is 12.8. The third kappa shape index (κ3) is 6.89. The fourth-order valence-corrected chi connectivity index (χ4v) is 5.01. The lowest BCUT2D eigenvalue weighted by Crippen LogP contribution is -2.25. The predicted molar refractivity (Wildman–Crippen MR) is 154 cm³/mol. The summed E-state index contributed by atoms with van der Waals surface area (Å²) in [5.74, 6) is 1.62. The number of aromatic nitrogens is 2. The van der Waals surface area contributed by atoms with Gasteiger partial charge in [-0.3, -0.25) is 4.79 Å². The lowest BCUT2D eigenvalue weighted by atomic mass is 9.88. The zero-order chi connectivity index (χ0) is 26.9. The summed E-state index contributed by atoms with van der Waals surface area (Å²) >= 11 is 1.17. The molecule has 0 aliphatic rings. The van der Waals surface area contributed by atoms with Gasteiger partial charge in [0, 0.05) is 36.0 Å². The highest BCUT2D eigenvalue weighted by Gasteiger charge is 2.17. The Balaban J connectivity index is 1.24. The maximum atomic E-state index is 13.1. The van der Waals surface area contributed by atoms with Gasteiger partial charge in [0.25, 0.3) is 11.1 Å². The molecule has 0 aliphatic heterocycles. The van der Waals surface area contributed by atoms with E-state index < -0.39 is 0 Å². The molecule has 1 aromatic heterocycles. The van der Waals surface area contributed by atoms with Gasteiger partial charge in [0.15, 0.2) is 17.3 Å². The molecule has 1 heterocycles. The third-order valence-corrected chi connectivity index (χ3v) is 7.03. The van der Waals surface area contributed by atoms with Crippen molar-refractivity contribution in [1.29, 1.82) is 0 Å². The SMILES string of the molecule is COc1ccc(C(=O)NCCC(c2ccccc2)c2ccccc2)cc1Oc1nc(Cc2ccccc2)ns1. The standard InChI is InChI=1S/C32H29N3O3S/c1-37-28-18-17-26(22-29(28)38-32-34-30(35-39-32)21-23-11-5-2-6-12-23)31(36)33-20-19-27(24-13-7-3-8-14-24)25-15-9-4-10-16-25/h2-18,22,27H,19-21H2,1H3,(H,33,36). The summed E-state index contributed by atoms with van der Waals surface area (Å²) in [5.41, 5.74) is 4.05. The maximum absolute atomic E-state index is 13.1. The molecular formula is C32H29N3O3S. The third-order valence-electron chi connectivity index (χ3n) is 6.40. The van der Waals surface area contributed by atoms with E-state index in [0.717, 1.165) is 12.0 Å². The molecule has 0 unspecified atom stereocenters. The molecule has 0 bridgehead atoms. The molecule has 1 amide bonds. The van der Waals surface area contributed by atoms with Crippen LogP contribution < -0.4 is 14.8 Å². The second-order valence-electron chi connectivity index (χ2n) is 9.03. The summed E-state index contributed by atoms with van der Waals surface area (Å²) in [4.78, 5) is 17.6. The Morgan fingerprint density at radius 2 is 1.49 bits per heavy atom. The van der Waals surface area contributed by atoms with Gasteiger partial charge in [-0.05, 0) is 41.3 Å². The quantitative estimate of drug-likeness (QED) is 0.200. The number of methoxy groups -OCH3 is 1. The fourth-order valence-electron chi connectivity index (χ4n) is 4.45. The molecule has 5 rings (SSSR count). The van der Waals surface area contributed by atoms with Crippen molar-refractivity contribution in [1.82, 2.24) is 14.7 Å². The molecule has 0 aliphatic carbocycles. The van der Waals surface area contributed by atoms with Crippen LogP contribution in [-0.2, 0) is 6.42 Å². The monoisotopic (exact) mass is 535 g/mol. The summed E-state index contributed by atoms with van der Waals surface area (Å²) < 4.78 is 15.9. The average molecular weight is 536 g/mol. The van der Waals surface area contributed by atoms with Crippen molar-refractivity contribution in [2.24, 2.45) is 0 Å². The number of hydrogen-bond donors (Lipinski definition) is 1. The minimum Gasteiger partial charge on any atom is -0.493 e. The first-order valence-corrected chi connectivity index (χ1v) is 13.6. The largest absolute Gasteiger partial charge is 0.493 e. The van der Waals surface area contributed by atoms with Crippen LogP contribution in [0.15, 0.2) is 109 Å². The zero-order valence-electron chi connectivity index (χ0n) is 21.6. The van der Waals surface area contributed by atoms with Crippen molar-refractivity contribution in [3.63, 3.8) is 0 Å². The maximum Gasteiger partial charge on any atom is 0.298 e. The summed E-state index contributed by atoms with van der Waals surface area (Å²) in [6, 6.07) is 35.9. The molecule has 1 N–H and O–H groups in total. The minimum absolute atomic E-state index is 0.176. The van der Waals surface area contributed by atoms with Crippen LogP contribution in [0.1, 0.15) is 45.2 Å². The number of carbonyl (C=O) groups is 1. The van der Waals surface area contributed by atoms with Gasteiger partial charge in [-0.1, -0.05) is 91.0 Å². The van der Waals surface area contributed by atoms with E-state index in [1.165, 1.54) is 22.7 Å². The molecule has 196 valence electrons. The van der Waals surface area contributed by atoms with Crippen LogP contribution in [0, 0.1) is 0 Å². The van der Waals surface area contributed by atoms with Gasteiger partial charge in [0.2, 0.25) is 0 Å². The molecule has 0 saturated carbocycles. The Morgan fingerprint density at radius 1 is 0.846 bits per heavy atom. The van der Waals surface area contributed by atoms with E-state index in [1.54, 1.807) is 25.3 Å². The van der Waals surface area contributed by atoms with Gasteiger partial charge < -0.3 is 14.8 Å². The number of hydrogen-bond acceptors (Lipinski definition) is 6. The minimum atomic E-state index is -0.176. The summed E-state index contributed by atoms with van der Waals surface area (Å²) in [5, 5.41) is 3.46. The van der Waals surface area contributed by atoms with Crippen LogP contribution in [0.5, 0.6) is 16.7 Å². The summed E-state index contributed by atoms with van der Waals surface area (Å²) in [6.45, 7) is 0.523. The predicted octanol–water partition coefficient (Wildman–Crippen LogP) is 6.88. The molecule has 39 heavy (non-hydrogen) atoms. The highest BCUT2D eigenvalue weighted by Crippen LogP contribution is 2.33. The average Bonchev–Trinajstić information content (AvgIpc) is 3.43. The van der Waals surface area contributed by atoms with E-state index in [-0.39, 0.29) is 11.8 Å². The Labute approximate surface area is 232 Å². The first-order chi connectivity index (χ1) is 19.2. The topological polar surface area (TPSA) is 73.3 Å². The molecule has 6 nitrogen and oxygen atoms in total. The summed E-state index contributed by atoms with van der Waals surface area (Å²) in [6.07, 6.45) is 1.39. The van der Waals surface area contributed by atoms with Crippen molar-refractivity contribution < 1.29 is 14.3 Å². The van der Waals surface area contributed by atoms with Crippen LogP contribution in [0.4, 0.5) is 0 Å². The molecule has 0 saturated heterocycles. The smallest absolute Gasteiger partial charge is 0.298 e. The lowest BCUT2D eigenvalue weighted by molar-refractivity contribution is 0.0952. The number of rotatable bonds is 11. The van der Waals surface area contributed by atoms with Gasteiger partial charge in [-0.25, -0.2) is 0 Å². The number of nitrogens with one attached hydrogen (secondary N) is 1. The second kappa shape index (κ2) is 12.8. The molecule has 4 aromatic carbocycles. The van der Waals surface area contributed by atoms with Gasteiger partial charge >= 0.3 is 0 Å². The van der Waals surface area contributed by atoms with Crippen LogP contribution in [-0.4, -0.2) is 28.9 Å². The van der Waals surface area contributed by atoms with E-state index >= 15 is 0 Å². The Bertz CT molecular complexity index is 1450. The zero-order valence-corrected chi connectivity index (χ0v) is 22.4. The van der Waals surface area contributed by atoms with E-state index in [0.29, 0.717) is 41.0 Å². The molecule has 0 spiro atoms. The van der Waals surface area contributed by atoms with Crippen molar-refractivity contribution >= 4 is 17.4 Å². The molecule has 0 fully saturated rings. The molecule has 0 radical (unpaired) electrons. The fraction of sp³-hybridized carbons (Fsp3) is 0.156. The summed E-state index contributed by atoms with van der Waals surface area (Å²) in [7, 11) is 1.57. The van der Waals surface area contributed by atoms with E-state index in [9.17, 15) is 4.79 Å². The second-order valence-corrected chi connectivity index (χ2v) is 9.74. The molecular weight excluding hydrogens is 506 g/mol. The number of carbonyl (C=O) groups excluding carboxylic acids is 1. The normalized spacial score (nSPS) is 10.8.